The van der Waals surface area contributed by atoms with Crippen LogP contribution in [0.1, 0.15) is 30.1 Å². The largest absolute Gasteiger partial charge is 0.338 e. The molecule has 1 N–H and O–H groups in total. The summed E-state index contributed by atoms with van der Waals surface area (Å²) in [4.78, 5) is 18.8. The highest BCUT2D eigenvalue weighted by atomic mass is 19.1. The maximum atomic E-state index is 13.6. The first kappa shape index (κ1) is 16.6. The summed E-state index contributed by atoms with van der Waals surface area (Å²) in [5.41, 5.74) is 1.07. The lowest BCUT2D eigenvalue weighted by Crippen LogP contribution is -2.40. The van der Waals surface area contributed by atoms with Crippen molar-refractivity contribution in [2.24, 2.45) is 7.05 Å². The van der Waals surface area contributed by atoms with E-state index in [1.807, 2.05) is 24.0 Å². The van der Waals surface area contributed by atoms with Crippen LogP contribution in [-0.2, 0) is 11.8 Å². The monoisotopic (exact) mass is 330 g/mol. The van der Waals surface area contributed by atoms with Gasteiger partial charge in [-0.05, 0) is 44.0 Å². The van der Waals surface area contributed by atoms with Gasteiger partial charge in [-0.1, -0.05) is 6.07 Å². The Balaban J connectivity index is 1.58. The second-order valence-electron chi connectivity index (χ2n) is 6.48. The number of aryl methyl sites for hydroxylation is 2. The molecule has 1 aliphatic rings. The predicted octanol–water partition coefficient (Wildman–Crippen LogP) is 2.69. The Morgan fingerprint density at radius 2 is 2.29 bits per heavy atom. The van der Waals surface area contributed by atoms with E-state index in [9.17, 15) is 9.18 Å². The molecule has 5 nitrogen and oxygen atoms in total. The SMILES string of the molecule is Cc1ccc(NC(=O)CN2CCC[C@H](c3nccn3C)C2)cc1F. The van der Waals surface area contributed by atoms with Gasteiger partial charge in [-0.15, -0.1) is 0 Å². The molecule has 0 spiro atoms. The lowest BCUT2D eigenvalue weighted by Gasteiger charge is -2.31. The quantitative estimate of drug-likeness (QED) is 0.938. The number of nitrogens with one attached hydrogen (secondary N) is 1. The highest BCUT2D eigenvalue weighted by Gasteiger charge is 2.25. The van der Waals surface area contributed by atoms with Gasteiger partial charge < -0.3 is 9.88 Å². The molecule has 3 rings (SSSR count). The summed E-state index contributed by atoms with van der Waals surface area (Å²) in [5.74, 6) is 1.00. The minimum Gasteiger partial charge on any atom is -0.338 e. The van der Waals surface area contributed by atoms with Crippen molar-refractivity contribution >= 4 is 11.6 Å². The zero-order valence-electron chi connectivity index (χ0n) is 14.1. The van der Waals surface area contributed by atoms with Crippen molar-refractivity contribution in [3.05, 3.63) is 47.8 Å². The minimum atomic E-state index is -0.305. The van der Waals surface area contributed by atoms with Crippen LogP contribution in [0, 0.1) is 12.7 Å². The van der Waals surface area contributed by atoms with E-state index in [1.165, 1.54) is 6.07 Å². The van der Waals surface area contributed by atoms with Crippen molar-refractivity contribution in [2.45, 2.75) is 25.7 Å². The zero-order valence-corrected chi connectivity index (χ0v) is 14.1. The third-order valence-corrected chi connectivity index (χ3v) is 4.55. The van der Waals surface area contributed by atoms with Crippen molar-refractivity contribution in [3.63, 3.8) is 0 Å². The van der Waals surface area contributed by atoms with Gasteiger partial charge in [0.2, 0.25) is 5.91 Å². The summed E-state index contributed by atoms with van der Waals surface area (Å²) in [7, 11) is 2.00. The molecular formula is C18H23FN4O. The number of piperidine rings is 1. The van der Waals surface area contributed by atoms with E-state index in [-0.39, 0.29) is 11.7 Å². The average molecular weight is 330 g/mol. The van der Waals surface area contributed by atoms with Crippen molar-refractivity contribution in [2.75, 3.05) is 25.0 Å². The van der Waals surface area contributed by atoms with Crippen LogP contribution in [0.5, 0.6) is 0 Å². The number of aromatic nitrogens is 2. The Morgan fingerprint density at radius 1 is 1.46 bits per heavy atom. The molecular weight excluding hydrogens is 307 g/mol. The van der Waals surface area contributed by atoms with Gasteiger partial charge in [0.05, 0.1) is 6.54 Å². The van der Waals surface area contributed by atoms with Crippen LogP contribution in [0.2, 0.25) is 0 Å². The smallest absolute Gasteiger partial charge is 0.238 e. The van der Waals surface area contributed by atoms with Crippen LogP contribution in [0.4, 0.5) is 10.1 Å². The summed E-state index contributed by atoms with van der Waals surface area (Å²) >= 11 is 0. The van der Waals surface area contributed by atoms with E-state index < -0.39 is 0 Å². The molecule has 0 aliphatic carbocycles. The van der Waals surface area contributed by atoms with Crippen molar-refractivity contribution in [3.8, 4) is 0 Å². The van der Waals surface area contributed by atoms with E-state index in [2.05, 4.69) is 15.2 Å². The molecule has 1 amide bonds. The highest BCUT2D eigenvalue weighted by molar-refractivity contribution is 5.92. The van der Waals surface area contributed by atoms with Crippen LogP contribution in [-0.4, -0.2) is 40.0 Å². The molecule has 1 aromatic heterocycles. The molecule has 0 saturated carbocycles. The fourth-order valence-corrected chi connectivity index (χ4v) is 3.25. The average Bonchev–Trinajstić information content (AvgIpc) is 2.97. The number of halogens is 1. The molecule has 1 saturated heterocycles. The minimum absolute atomic E-state index is 0.112. The molecule has 1 fully saturated rings. The van der Waals surface area contributed by atoms with Crippen LogP contribution in [0.25, 0.3) is 0 Å². The molecule has 1 aromatic carbocycles. The number of carbonyl (C=O) groups is 1. The van der Waals surface area contributed by atoms with Crippen molar-refractivity contribution in [1.82, 2.24) is 14.5 Å². The first-order chi connectivity index (χ1) is 11.5. The van der Waals surface area contributed by atoms with Crippen LogP contribution in [0.15, 0.2) is 30.6 Å². The second kappa shape index (κ2) is 7.13. The Hall–Kier alpha value is -2.21. The first-order valence-electron chi connectivity index (χ1n) is 8.28. The maximum absolute atomic E-state index is 13.6. The van der Waals surface area contributed by atoms with E-state index in [0.29, 0.717) is 23.7 Å². The molecule has 6 heteroatoms. The van der Waals surface area contributed by atoms with Crippen LogP contribution >= 0.6 is 0 Å². The number of likely N-dealkylation sites (tertiary alicyclic amines) is 1. The van der Waals surface area contributed by atoms with Crippen LogP contribution in [0.3, 0.4) is 0 Å². The van der Waals surface area contributed by atoms with Gasteiger partial charge in [0.25, 0.3) is 0 Å². The number of nitrogens with zero attached hydrogens (tertiary/aromatic N) is 3. The summed E-state index contributed by atoms with van der Waals surface area (Å²) in [6, 6.07) is 4.76. The van der Waals surface area contributed by atoms with E-state index >= 15 is 0 Å². The molecule has 1 atom stereocenters. The summed E-state index contributed by atoms with van der Waals surface area (Å²) in [5, 5.41) is 2.78. The summed E-state index contributed by atoms with van der Waals surface area (Å²) in [6.07, 6.45) is 5.90. The van der Waals surface area contributed by atoms with Crippen LogP contribution < -0.4 is 5.32 Å². The van der Waals surface area contributed by atoms with Gasteiger partial charge in [0, 0.05) is 37.6 Å². The van der Waals surface area contributed by atoms with Gasteiger partial charge in [0.1, 0.15) is 11.6 Å². The third kappa shape index (κ3) is 3.82. The molecule has 0 unspecified atom stereocenters. The second-order valence-corrected chi connectivity index (χ2v) is 6.48. The lowest BCUT2D eigenvalue weighted by atomic mass is 9.97. The number of carbonyl (C=O) groups excluding carboxylic acids is 1. The number of benzene rings is 1. The first-order valence-corrected chi connectivity index (χ1v) is 8.28. The number of anilines is 1. The summed E-state index contributed by atoms with van der Waals surface area (Å²) in [6.45, 7) is 3.74. The molecule has 0 bridgehead atoms. The van der Waals surface area contributed by atoms with E-state index in [0.717, 1.165) is 31.8 Å². The maximum Gasteiger partial charge on any atom is 0.238 e. The number of hydrogen-bond acceptors (Lipinski definition) is 3. The third-order valence-electron chi connectivity index (χ3n) is 4.55. The van der Waals surface area contributed by atoms with Gasteiger partial charge in [-0.3, -0.25) is 9.69 Å². The topological polar surface area (TPSA) is 50.2 Å². The molecule has 24 heavy (non-hydrogen) atoms. The van der Waals surface area contributed by atoms with Crippen molar-refractivity contribution in [1.29, 1.82) is 0 Å². The Kier molecular flexibility index (Phi) is 4.94. The van der Waals surface area contributed by atoms with E-state index in [1.54, 1.807) is 19.1 Å². The number of hydrogen-bond donors (Lipinski definition) is 1. The zero-order chi connectivity index (χ0) is 17.1. The number of imidazole rings is 1. The number of rotatable bonds is 4. The lowest BCUT2D eigenvalue weighted by molar-refractivity contribution is -0.117. The van der Waals surface area contributed by atoms with Gasteiger partial charge >= 0.3 is 0 Å². The van der Waals surface area contributed by atoms with E-state index in [4.69, 9.17) is 0 Å². The number of amides is 1. The van der Waals surface area contributed by atoms with Gasteiger partial charge in [-0.2, -0.15) is 0 Å². The fourth-order valence-electron chi connectivity index (χ4n) is 3.25. The van der Waals surface area contributed by atoms with Gasteiger partial charge in [-0.25, -0.2) is 9.37 Å². The molecule has 2 heterocycles. The molecule has 0 radical (unpaired) electrons. The Bertz CT molecular complexity index is 728. The molecule has 2 aromatic rings. The molecule has 128 valence electrons. The Labute approximate surface area is 141 Å². The van der Waals surface area contributed by atoms with Crippen molar-refractivity contribution < 1.29 is 9.18 Å². The highest BCUT2D eigenvalue weighted by Crippen LogP contribution is 2.25. The predicted molar refractivity (Wildman–Crippen MR) is 91.4 cm³/mol. The fraction of sp³-hybridized carbons (Fsp3) is 0.444. The van der Waals surface area contributed by atoms with Gasteiger partial charge in [0.15, 0.2) is 0 Å². The standard InChI is InChI=1S/C18H23FN4O/c1-13-5-6-15(10-16(13)19)21-17(24)12-23-8-3-4-14(11-23)18-20-7-9-22(18)2/h5-7,9-10,14H,3-4,8,11-12H2,1-2H3,(H,21,24)/t14-/m0/s1. The summed E-state index contributed by atoms with van der Waals surface area (Å²) < 4.78 is 15.6. The normalized spacial score (nSPS) is 18.5. The Morgan fingerprint density at radius 3 is 3.00 bits per heavy atom. The molecule has 1 aliphatic heterocycles.